The van der Waals surface area contributed by atoms with Crippen molar-refractivity contribution in [3.63, 3.8) is 0 Å². The molecule has 2 aromatic carbocycles. The minimum absolute atomic E-state index is 0.253. The number of anilines is 1. The maximum Gasteiger partial charge on any atom is 0.227 e. The van der Waals surface area contributed by atoms with Gasteiger partial charge in [0.1, 0.15) is 11.2 Å². The summed E-state index contributed by atoms with van der Waals surface area (Å²) in [7, 11) is 0. The Bertz CT molecular complexity index is 1120. The van der Waals surface area contributed by atoms with Gasteiger partial charge < -0.3 is 15.9 Å². The maximum atomic E-state index is 6.33. The zero-order chi connectivity index (χ0) is 20.0. The topological polar surface area (TPSA) is 106 Å². The minimum atomic E-state index is -0.471. The van der Waals surface area contributed by atoms with Crippen LogP contribution < -0.4 is 16.4 Å². The number of aliphatic imine (C=N–C) groups is 2. The molecule has 7 nitrogen and oxygen atoms in total. The number of benzene rings is 2. The first-order valence-electron chi connectivity index (χ1n) is 10.0. The molecule has 0 unspecified atom stereocenters. The highest BCUT2D eigenvalue weighted by Crippen LogP contribution is 2.40. The third-order valence-corrected chi connectivity index (χ3v) is 5.78. The van der Waals surface area contributed by atoms with Crippen molar-refractivity contribution < 1.29 is 4.42 Å². The van der Waals surface area contributed by atoms with Crippen LogP contribution in [-0.2, 0) is 0 Å². The smallest absolute Gasteiger partial charge is 0.227 e. The van der Waals surface area contributed by atoms with E-state index in [-0.39, 0.29) is 5.96 Å². The van der Waals surface area contributed by atoms with E-state index in [4.69, 9.17) is 20.9 Å². The largest absolute Gasteiger partial charge is 0.436 e. The highest BCUT2D eigenvalue weighted by atomic mass is 16.3. The van der Waals surface area contributed by atoms with Gasteiger partial charge in [0, 0.05) is 11.6 Å². The Morgan fingerprint density at radius 1 is 1.00 bits per heavy atom. The minimum Gasteiger partial charge on any atom is -0.436 e. The second-order valence-electron chi connectivity index (χ2n) is 7.86. The van der Waals surface area contributed by atoms with E-state index in [1.54, 1.807) is 0 Å². The number of guanidine groups is 2. The van der Waals surface area contributed by atoms with Crippen LogP contribution in [-0.4, -0.2) is 22.6 Å². The van der Waals surface area contributed by atoms with Crippen LogP contribution in [0.25, 0.3) is 22.6 Å². The number of hydrogen-bond acceptors (Lipinski definition) is 7. The highest BCUT2D eigenvalue weighted by molar-refractivity contribution is 6.06. The van der Waals surface area contributed by atoms with Gasteiger partial charge in [-0.3, -0.25) is 4.90 Å². The van der Waals surface area contributed by atoms with Gasteiger partial charge in [0.05, 0.1) is 5.69 Å². The molecule has 0 saturated heterocycles. The molecule has 1 aliphatic heterocycles. The summed E-state index contributed by atoms with van der Waals surface area (Å²) in [4.78, 5) is 15.6. The maximum absolute atomic E-state index is 6.33. The quantitative estimate of drug-likeness (QED) is 0.692. The van der Waals surface area contributed by atoms with Gasteiger partial charge in [-0.2, -0.15) is 4.99 Å². The van der Waals surface area contributed by atoms with E-state index >= 15 is 0 Å². The van der Waals surface area contributed by atoms with Crippen molar-refractivity contribution in [2.75, 3.05) is 4.90 Å². The van der Waals surface area contributed by atoms with Crippen molar-refractivity contribution in [2.45, 2.75) is 44.7 Å². The zero-order valence-corrected chi connectivity index (χ0v) is 16.4. The van der Waals surface area contributed by atoms with Crippen LogP contribution in [0, 0.1) is 6.92 Å². The summed E-state index contributed by atoms with van der Waals surface area (Å²) in [5.74, 6) is 1.23. The summed E-state index contributed by atoms with van der Waals surface area (Å²) in [5, 5.41) is 0. The van der Waals surface area contributed by atoms with Crippen LogP contribution in [0.5, 0.6) is 0 Å². The molecule has 148 valence electrons. The van der Waals surface area contributed by atoms with Gasteiger partial charge in [-0.15, -0.1) is 0 Å². The van der Waals surface area contributed by atoms with Crippen LogP contribution in [0.15, 0.2) is 56.9 Å². The fourth-order valence-corrected chi connectivity index (χ4v) is 4.37. The highest BCUT2D eigenvalue weighted by Gasteiger charge is 2.42. The molecule has 2 heterocycles. The summed E-state index contributed by atoms with van der Waals surface area (Å²) in [6.07, 6.45) is 5.16. The number of aromatic nitrogens is 1. The van der Waals surface area contributed by atoms with E-state index in [0.29, 0.717) is 17.4 Å². The first kappa shape index (κ1) is 17.7. The molecule has 0 bridgehead atoms. The van der Waals surface area contributed by atoms with Crippen molar-refractivity contribution in [2.24, 2.45) is 21.5 Å². The van der Waals surface area contributed by atoms with Crippen LogP contribution in [0.2, 0.25) is 0 Å². The summed E-state index contributed by atoms with van der Waals surface area (Å²) >= 11 is 0. The normalized spacial score (nSPS) is 18.7. The van der Waals surface area contributed by atoms with Crippen LogP contribution >= 0.6 is 0 Å². The van der Waals surface area contributed by atoms with Gasteiger partial charge in [-0.05, 0) is 56.9 Å². The lowest BCUT2D eigenvalue weighted by Gasteiger charge is -2.45. The summed E-state index contributed by atoms with van der Waals surface area (Å²) in [6.45, 7) is 2.06. The molecule has 5 rings (SSSR count). The van der Waals surface area contributed by atoms with E-state index in [1.807, 2.05) is 35.2 Å². The van der Waals surface area contributed by atoms with Gasteiger partial charge in [0.2, 0.25) is 17.8 Å². The molecular weight excluding hydrogens is 364 g/mol. The van der Waals surface area contributed by atoms with Gasteiger partial charge in [0.15, 0.2) is 5.58 Å². The van der Waals surface area contributed by atoms with Crippen LogP contribution in [0.1, 0.15) is 37.7 Å². The molecule has 1 saturated carbocycles. The summed E-state index contributed by atoms with van der Waals surface area (Å²) < 4.78 is 6.08. The third-order valence-electron chi connectivity index (χ3n) is 5.78. The fraction of sp³-hybridized carbons (Fsp3) is 0.318. The number of aryl methyl sites for hydroxylation is 1. The van der Waals surface area contributed by atoms with Crippen molar-refractivity contribution in [1.29, 1.82) is 0 Å². The average molecular weight is 388 g/mol. The van der Waals surface area contributed by atoms with Crippen LogP contribution in [0.4, 0.5) is 5.69 Å². The average Bonchev–Trinajstić information content (AvgIpc) is 3.12. The number of oxazole rings is 1. The van der Waals surface area contributed by atoms with Crippen molar-refractivity contribution in [3.8, 4) is 11.5 Å². The molecule has 0 atom stereocenters. The molecule has 7 heteroatoms. The summed E-state index contributed by atoms with van der Waals surface area (Å²) in [5.41, 5.74) is 16.4. The molecule has 0 amide bonds. The Hall–Kier alpha value is -3.35. The Morgan fingerprint density at radius 3 is 2.52 bits per heavy atom. The monoisotopic (exact) mass is 388 g/mol. The molecule has 1 spiro atoms. The zero-order valence-electron chi connectivity index (χ0n) is 16.4. The van der Waals surface area contributed by atoms with Gasteiger partial charge in [-0.25, -0.2) is 9.98 Å². The van der Waals surface area contributed by atoms with E-state index in [0.717, 1.165) is 42.5 Å². The lowest BCUT2D eigenvalue weighted by atomic mass is 9.87. The Labute approximate surface area is 169 Å². The number of fused-ring (bicyclic) bond motifs is 1. The molecule has 1 aromatic heterocycles. The van der Waals surface area contributed by atoms with Crippen molar-refractivity contribution in [1.82, 2.24) is 4.98 Å². The molecule has 2 aliphatic rings. The molecule has 0 radical (unpaired) electrons. The first-order chi connectivity index (χ1) is 14.0. The SMILES string of the molecule is Cc1ccc(-c2nc3ccc(N4C(N)=NC(N)=NC45CCCCC5)cc3o2)cc1. The van der Waals surface area contributed by atoms with E-state index in [2.05, 4.69) is 29.0 Å². The standard InChI is InChI=1S/C22H24N6O/c1-14-5-7-15(8-6-14)19-25-17-10-9-16(13-18(17)29-19)28-21(24)26-20(23)27-22(28)11-3-2-4-12-22/h5-10,13H,2-4,11-12H2,1H3,(H4,23,24,26,27). The van der Waals surface area contributed by atoms with E-state index in [1.165, 1.54) is 12.0 Å². The lowest BCUT2D eigenvalue weighted by molar-refractivity contribution is 0.305. The molecule has 4 N–H and O–H groups in total. The number of hydrogen-bond donors (Lipinski definition) is 2. The van der Waals surface area contributed by atoms with Crippen LogP contribution in [0.3, 0.4) is 0 Å². The van der Waals surface area contributed by atoms with Gasteiger partial charge >= 0.3 is 0 Å². The van der Waals surface area contributed by atoms with E-state index < -0.39 is 5.66 Å². The Balaban J connectivity index is 1.57. The molecule has 29 heavy (non-hydrogen) atoms. The van der Waals surface area contributed by atoms with Crippen molar-refractivity contribution >= 4 is 28.7 Å². The Kier molecular flexibility index (Phi) is 4.04. The number of nitrogens with zero attached hydrogens (tertiary/aromatic N) is 4. The van der Waals surface area contributed by atoms with E-state index in [9.17, 15) is 0 Å². The van der Waals surface area contributed by atoms with Crippen molar-refractivity contribution in [3.05, 3.63) is 48.0 Å². The molecular formula is C22H24N6O. The summed E-state index contributed by atoms with van der Waals surface area (Å²) in [6, 6.07) is 14.1. The predicted molar refractivity (Wildman–Crippen MR) is 116 cm³/mol. The lowest BCUT2D eigenvalue weighted by Crippen LogP contribution is -2.58. The Morgan fingerprint density at radius 2 is 1.76 bits per heavy atom. The number of rotatable bonds is 2. The number of nitrogens with two attached hydrogens (primary N) is 2. The molecule has 3 aromatic rings. The third kappa shape index (κ3) is 3.03. The molecule has 1 aliphatic carbocycles. The second kappa shape index (κ2) is 6.62. The van der Waals surface area contributed by atoms with Gasteiger partial charge in [0.25, 0.3) is 0 Å². The molecule has 1 fully saturated rings. The second-order valence-corrected chi connectivity index (χ2v) is 7.86. The first-order valence-corrected chi connectivity index (χ1v) is 10.0. The predicted octanol–water partition coefficient (Wildman–Crippen LogP) is 3.91. The fourth-order valence-electron chi connectivity index (χ4n) is 4.37. The van der Waals surface area contributed by atoms with Gasteiger partial charge in [-0.1, -0.05) is 24.1 Å².